The fourth-order valence-electron chi connectivity index (χ4n) is 3.31. The minimum atomic E-state index is -0.374. The number of aryl methyl sites for hydroxylation is 2. The minimum absolute atomic E-state index is 0.0702. The first-order valence-corrected chi connectivity index (χ1v) is 9.96. The van der Waals surface area contributed by atoms with Gasteiger partial charge in [-0.2, -0.15) is 0 Å². The summed E-state index contributed by atoms with van der Waals surface area (Å²) in [7, 11) is 0. The van der Waals surface area contributed by atoms with Crippen molar-refractivity contribution in [1.29, 1.82) is 0 Å². The van der Waals surface area contributed by atoms with Gasteiger partial charge in [0.1, 0.15) is 6.04 Å². The van der Waals surface area contributed by atoms with E-state index in [1.807, 2.05) is 26.0 Å². The number of benzene rings is 1. The summed E-state index contributed by atoms with van der Waals surface area (Å²) >= 11 is 1.47. The van der Waals surface area contributed by atoms with Gasteiger partial charge < -0.3 is 10.2 Å². The zero-order valence-corrected chi connectivity index (χ0v) is 16.4. The molecule has 2 aromatic rings. The van der Waals surface area contributed by atoms with E-state index in [9.17, 15) is 9.59 Å². The molecular weight excluding hydrogens is 346 g/mol. The number of aromatic nitrogens is 1. The Bertz CT molecular complexity index is 798. The second-order valence-corrected chi connectivity index (χ2v) is 7.98. The van der Waals surface area contributed by atoms with Crippen molar-refractivity contribution in [3.8, 4) is 11.3 Å². The Morgan fingerprint density at radius 3 is 2.69 bits per heavy atom. The summed E-state index contributed by atoms with van der Waals surface area (Å²) in [5, 5.41) is 3.52. The maximum absolute atomic E-state index is 12.7. The number of thiazole rings is 1. The molecule has 1 fully saturated rings. The predicted molar refractivity (Wildman–Crippen MR) is 105 cm³/mol. The molecule has 1 aliphatic heterocycles. The minimum Gasteiger partial charge on any atom is -0.331 e. The molecule has 2 amide bonds. The van der Waals surface area contributed by atoms with Crippen molar-refractivity contribution >= 4 is 28.3 Å². The molecule has 3 rings (SSSR count). The van der Waals surface area contributed by atoms with Crippen molar-refractivity contribution in [2.24, 2.45) is 0 Å². The first-order valence-electron chi connectivity index (χ1n) is 9.14. The fraction of sp³-hybridized carbons (Fsp3) is 0.450. The molecule has 1 saturated heterocycles. The number of hydrogen-bond donors (Lipinski definition) is 1. The van der Waals surface area contributed by atoms with Crippen LogP contribution in [-0.2, 0) is 9.59 Å². The van der Waals surface area contributed by atoms with Crippen molar-refractivity contribution in [3.63, 3.8) is 0 Å². The molecule has 0 radical (unpaired) electrons. The van der Waals surface area contributed by atoms with Gasteiger partial charge in [-0.15, -0.1) is 11.3 Å². The fourth-order valence-corrected chi connectivity index (χ4v) is 4.15. The topological polar surface area (TPSA) is 62.3 Å². The number of carbonyl (C=O) groups excluding carboxylic acids is 2. The molecule has 0 aliphatic carbocycles. The van der Waals surface area contributed by atoms with E-state index in [4.69, 9.17) is 0 Å². The Kier molecular flexibility index (Phi) is 5.71. The van der Waals surface area contributed by atoms with Crippen LogP contribution in [0.25, 0.3) is 11.3 Å². The third-order valence-electron chi connectivity index (χ3n) is 4.69. The summed E-state index contributed by atoms with van der Waals surface area (Å²) in [5.41, 5.74) is 3.15. The van der Waals surface area contributed by atoms with Gasteiger partial charge >= 0.3 is 0 Å². The lowest BCUT2D eigenvalue weighted by Crippen LogP contribution is -2.43. The quantitative estimate of drug-likeness (QED) is 0.858. The molecule has 6 heteroatoms. The molecule has 1 aliphatic rings. The van der Waals surface area contributed by atoms with E-state index in [-0.39, 0.29) is 17.9 Å². The number of nitrogens with zero attached hydrogens (tertiary/aromatic N) is 2. The highest BCUT2D eigenvalue weighted by molar-refractivity contribution is 7.16. The molecule has 138 valence electrons. The summed E-state index contributed by atoms with van der Waals surface area (Å²) in [4.78, 5) is 32.3. The molecule has 0 saturated carbocycles. The van der Waals surface area contributed by atoms with Gasteiger partial charge in [-0.1, -0.05) is 36.8 Å². The van der Waals surface area contributed by atoms with Gasteiger partial charge in [0.2, 0.25) is 11.8 Å². The van der Waals surface area contributed by atoms with Gasteiger partial charge in [0.25, 0.3) is 0 Å². The zero-order valence-electron chi connectivity index (χ0n) is 15.5. The van der Waals surface area contributed by atoms with Crippen LogP contribution in [0.4, 0.5) is 5.13 Å². The van der Waals surface area contributed by atoms with Crippen LogP contribution in [0.5, 0.6) is 0 Å². The van der Waals surface area contributed by atoms with Crippen LogP contribution >= 0.6 is 11.3 Å². The van der Waals surface area contributed by atoms with Crippen LogP contribution < -0.4 is 5.32 Å². The lowest BCUT2D eigenvalue weighted by atomic mass is 10.1. The van der Waals surface area contributed by atoms with Crippen molar-refractivity contribution in [2.45, 2.75) is 52.5 Å². The van der Waals surface area contributed by atoms with E-state index >= 15 is 0 Å². The van der Waals surface area contributed by atoms with Crippen LogP contribution in [0.3, 0.4) is 0 Å². The van der Waals surface area contributed by atoms with E-state index in [0.717, 1.165) is 35.4 Å². The molecule has 0 spiro atoms. The summed E-state index contributed by atoms with van der Waals surface area (Å²) in [6, 6.07) is 7.83. The number of rotatable bonds is 5. The van der Waals surface area contributed by atoms with Crippen molar-refractivity contribution in [3.05, 3.63) is 34.7 Å². The SMILES string of the molecule is CCCC(=O)N1CCCC1C(=O)Nc1nc(-c2ccc(C)cc2)c(C)s1. The molecule has 1 N–H and O–H groups in total. The number of hydrogen-bond acceptors (Lipinski definition) is 4. The summed E-state index contributed by atoms with van der Waals surface area (Å²) in [6.45, 7) is 6.71. The predicted octanol–water partition coefficient (Wildman–Crippen LogP) is 4.16. The molecular formula is C20H25N3O2S. The molecule has 1 unspecified atom stereocenters. The van der Waals surface area contributed by atoms with Crippen LogP contribution in [-0.4, -0.2) is 34.3 Å². The average Bonchev–Trinajstić information content (AvgIpc) is 3.23. The lowest BCUT2D eigenvalue weighted by Gasteiger charge is -2.23. The molecule has 0 bridgehead atoms. The second-order valence-electron chi connectivity index (χ2n) is 6.77. The van der Waals surface area contributed by atoms with Crippen LogP contribution in [0.15, 0.2) is 24.3 Å². The van der Waals surface area contributed by atoms with Crippen molar-refractivity contribution < 1.29 is 9.59 Å². The third kappa shape index (κ3) is 3.96. The van der Waals surface area contributed by atoms with Gasteiger partial charge in [0, 0.05) is 23.4 Å². The molecule has 1 aromatic heterocycles. The van der Waals surface area contributed by atoms with E-state index in [1.165, 1.54) is 16.9 Å². The van der Waals surface area contributed by atoms with Gasteiger partial charge in [-0.25, -0.2) is 4.98 Å². The Morgan fingerprint density at radius 2 is 2.00 bits per heavy atom. The maximum atomic E-state index is 12.7. The summed E-state index contributed by atoms with van der Waals surface area (Å²) < 4.78 is 0. The maximum Gasteiger partial charge on any atom is 0.248 e. The highest BCUT2D eigenvalue weighted by Gasteiger charge is 2.34. The number of nitrogens with one attached hydrogen (secondary N) is 1. The second kappa shape index (κ2) is 7.99. The van der Waals surface area contributed by atoms with Crippen LogP contribution in [0.1, 0.15) is 43.0 Å². The van der Waals surface area contributed by atoms with Gasteiger partial charge in [-0.05, 0) is 33.1 Å². The lowest BCUT2D eigenvalue weighted by molar-refractivity contribution is -0.136. The van der Waals surface area contributed by atoms with Gasteiger partial charge in [0.05, 0.1) is 5.69 Å². The third-order valence-corrected chi connectivity index (χ3v) is 5.58. The van der Waals surface area contributed by atoms with E-state index < -0.39 is 0 Å². The normalized spacial score (nSPS) is 16.7. The van der Waals surface area contributed by atoms with Crippen molar-refractivity contribution in [2.75, 3.05) is 11.9 Å². The van der Waals surface area contributed by atoms with Crippen molar-refractivity contribution in [1.82, 2.24) is 9.88 Å². The molecule has 5 nitrogen and oxygen atoms in total. The summed E-state index contributed by atoms with van der Waals surface area (Å²) in [5.74, 6) is -0.0584. The number of likely N-dealkylation sites (tertiary alicyclic amines) is 1. The molecule has 2 heterocycles. The summed E-state index contributed by atoms with van der Waals surface area (Å²) in [6.07, 6.45) is 2.89. The first kappa shape index (κ1) is 18.6. The van der Waals surface area contributed by atoms with E-state index in [1.54, 1.807) is 4.90 Å². The Balaban J connectivity index is 1.73. The Hall–Kier alpha value is -2.21. The number of amides is 2. The number of anilines is 1. The van der Waals surface area contributed by atoms with E-state index in [0.29, 0.717) is 18.1 Å². The molecule has 1 atom stereocenters. The number of carbonyl (C=O) groups is 2. The monoisotopic (exact) mass is 371 g/mol. The smallest absolute Gasteiger partial charge is 0.248 e. The van der Waals surface area contributed by atoms with Crippen LogP contribution in [0.2, 0.25) is 0 Å². The standard InChI is InChI=1S/C20H25N3O2S/c1-4-6-17(24)23-12-5-7-16(23)19(25)22-20-21-18(14(3)26-20)15-10-8-13(2)9-11-15/h8-11,16H,4-7,12H2,1-3H3,(H,21,22,25). The first-order chi connectivity index (χ1) is 12.5. The zero-order chi connectivity index (χ0) is 18.7. The average molecular weight is 372 g/mol. The largest absolute Gasteiger partial charge is 0.331 e. The van der Waals surface area contributed by atoms with Gasteiger partial charge in [0.15, 0.2) is 5.13 Å². The van der Waals surface area contributed by atoms with Gasteiger partial charge in [-0.3, -0.25) is 9.59 Å². The Morgan fingerprint density at radius 1 is 1.27 bits per heavy atom. The highest BCUT2D eigenvalue weighted by atomic mass is 32.1. The molecule has 26 heavy (non-hydrogen) atoms. The Labute approximate surface area is 158 Å². The molecule has 1 aromatic carbocycles. The van der Waals surface area contributed by atoms with E-state index in [2.05, 4.69) is 29.4 Å². The van der Waals surface area contributed by atoms with Crippen LogP contribution in [0, 0.1) is 13.8 Å². The highest BCUT2D eigenvalue weighted by Crippen LogP contribution is 2.31.